The van der Waals surface area contributed by atoms with Crippen LogP contribution in [-0.2, 0) is 11.3 Å². The Morgan fingerprint density at radius 2 is 2.17 bits per heavy atom. The molecule has 4 heterocycles. The Kier molecular flexibility index (Phi) is 4.09. The third-order valence-corrected chi connectivity index (χ3v) is 5.67. The first-order chi connectivity index (χ1) is 11.2. The number of hydrogen-bond donors (Lipinski definition) is 1. The van der Waals surface area contributed by atoms with E-state index >= 15 is 0 Å². The highest BCUT2D eigenvalue weighted by Crippen LogP contribution is 2.23. The van der Waals surface area contributed by atoms with Crippen LogP contribution in [0.2, 0.25) is 0 Å². The molecule has 6 nitrogen and oxygen atoms in total. The normalized spacial score (nSPS) is 23.0. The van der Waals surface area contributed by atoms with Gasteiger partial charge in [-0.15, -0.1) is 11.3 Å². The minimum Gasteiger partial charge on any atom is -0.376 e. The zero-order valence-corrected chi connectivity index (χ0v) is 13.9. The summed E-state index contributed by atoms with van der Waals surface area (Å²) in [5, 5.41) is 1.94. The van der Waals surface area contributed by atoms with E-state index < -0.39 is 0 Å². The molecule has 1 atom stereocenters. The van der Waals surface area contributed by atoms with Gasteiger partial charge in [0.2, 0.25) is 5.95 Å². The molecular formula is C16H22N4O2S. The van der Waals surface area contributed by atoms with Gasteiger partial charge in [-0.05, 0) is 37.1 Å². The van der Waals surface area contributed by atoms with Gasteiger partial charge in [0.05, 0.1) is 18.2 Å². The van der Waals surface area contributed by atoms with Crippen LogP contribution in [0.15, 0.2) is 16.2 Å². The van der Waals surface area contributed by atoms with E-state index in [-0.39, 0.29) is 17.7 Å². The molecule has 2 aromatic rings. The average Bonchev–Trinajstić information content (AvgIpc) is 3.22. The lowest BCUT2D eigenvalue weighted by molar-refractivity contribution is 0.0963. The molecule has 0 amide bonds. The van der Waals surface area contributed by atoms with Gasteiger partial charge in [0.15, 0.2) is 0 Å². The summed E-state index contributed by atoms with van der Waals surface area (Å²) in [5.74, 6) is 0.781. The number of fused-ring (bicyclic) bond motifs is 1. The fourth-order valence-electron chi connectivity index (χ4n) is 3.43. The Morgan fingerprint density at radius 3 is 2.91 bits per heavy atom. The van der Waals surface area contributed by atoms with Gasteiger partial charge in [-0.25, -0.2) is 4.98 Å². The number of hydrogen-bond acceptors (Lipinski definition) is 6. The first kappa shape index (κ1) is 15.1. The second kappa shape index (κ2) is 6.22. The highest BCUT2D eigenvalue weighted by molar-refractivity contribution is 7.17. The Morgan fingerprint density at radius 1 is 1.35 bits per heavy atom. The van der Waals surface area contributed by atoms with E-state index in [0.29, 0.717) is 6.54 Å². The predicted molar refractivity (Wildman–Crippen MR) is 92.3 cm³/mol. The number of thiophene rings is 1. The summed E-state index contributed by atoms with van der Waals surface area (Å²) in [6, 6.07) is 2.19. The fraction of sp³-hybridized carbons (Fsp3) is 0.625. The van der Waals surface area contributed by atoms with Crippen LogP contribution < -0.4 is 16.2 Å². The molecule has 2 fully saturated rings. The standard InChI is InChI=1S/C16H22N4O2S/c17-11-3-6-19(7-4-11)16-18-13-5-9-23-14(13)15(21)20(16)10-12-2-1-8-22-12/h5,9,11-12H,1-4,6-8,10,17H2. The fourth-order valence-corrected chi connectivity index (χ4v) is 4.21. The van der Waals surface area contributed by atoms with Crippen LogP contribution in [-0.4, -0.2) is 41.4 Å². The van der Waals surface area contributed by atoms with Crippen molar-refractivity contribution in [1.29, 1.82) is 0 Å². The summed E-state index contributed by atoms with van der Waals surface area (Å²) in [7, 11) is 0. The van der Waals surface area contributed by atoms with Gasteiger partial charge in [-0.2, -0.15) is 0 Å². The van der Waals surface area contributed by atoms with E-state index in [0.717, 1.165) is 61.5 Å². The van der Waals surface area contributed by atoms with E-state index in [9.17, 15) is 4.79 Å². The molecule has 0 spiro atoms. The molecule has 124 valence electrons. The summed E-state index contributed by atoms with van der Waals surface area (Å²) >= 11 is 1.47. The van der Waals surface area contributed by atoms with Crippen molar-refractivity contribution in [2.24, 2.45) is 5.73 Å². The Hall–Kier alpha value is -1.44. The topological polar surface area (TPSA) is 73.4 Å². The molecule has 23 heavy (non-hydrogen) atoms. The van der Waals surface area contributed by atoms with Crippen molar-refractivity contribution in [3.8, 4) is 0 Å². The van der Waals surface area contributed by atoms with E-state index in [1.54, 1.807) is 0 Å². The van der Waals surface area contributed by atoms with Crippen LogP contribution in [0, 0.1) is 0 Å². The lowest BCUT2D eigenvalue weighted by Gasteiger charge is -2.32. The molecule has 1 unspecified atom stereocenters. The largest absolute Gasteiger partial charge is 0.376 e. The summed E-state index contributed by atoms with van der Waals surface area (Å²) in [6.45, 7) is 3.10. The maximum Gasteiger partial charge on any atom is 0.272 e. The number of aromatic nitrogens is 2. The van der Waals surface area contributed by atoms with Gasteiger partial charge in [-0.3, -0.25) is 9.36 Å². The molecule has 2 N–H and O–H groups in total. The molecule has 0 aromatic carbocycles. The molecule has 2 aliphatic rings. The molecule has 0 bridgehead atoms. The van der Waals surface area contributed by atoms with Crippen LogP contribution in [0.1, 0.15) is 25.7 Å². The van der Waals surface area contributed by atoms with Crippen LogP contribution >= 0.6 is 11.3 Å². The van der Waals surface area contributed by atoms with Crippen LogP contribution in [0.25, 0.3) is 10.2 Å². The number of anilines is 1. The van der Waals surface area contributed by atoms with E-state index in [2.05, 4.69) is 4.90 Å². The number of piperidine rings is 1. The van der Waals surface area contributed by atoms with Gasteiger partial charge in [0, 0.05) is 25.7 Å². The number of rotatable bonds is 3. The van der Waals surface area contributed by atoms with Crippen molar-refractivity contribution >= 4 is 27.5 Å². The molecule has 0 aliphatic carbocycles. The lowest BCUT2D eigenvalue weighted by Crippen LogP contribution is -2.43. The van der Waals surface area contributed by atoms with Gasteiger partial charge in [0.1, 0.15) is 4.70 Å². The van der Waals surface area contributed by atoms with Gasteiger partial charge in [0.25, 0.3) is 5.56 Å². The van der Waals surface area contributed by atoms with Crippen molar-refractivity contribution in [2.45, 2.75) is 44.4 Å². The third kappa shape index (κ3) is 2.88. The van der Waals surface area contributed by atoms with Crippen molar-refractivity contribution in [3.63, 3.8) is 0 Å². The van der Waals surface area contributed by atoms with E-state index in [1.165, 1.54) is 11.3 Å². The Labute approximate surface area is 138 Å². The minimum absolute atomic E-state index is 0.0605. The van der Waals surface area contributed by atoms with Gasteiger partial charge >= 0.3 is 0 Å². The predicted octanol–water partition coefficient (Wildman–Crippen LogP) is 1.56. The van der Waals surface area contributed by atoms with Crippen molar-refractivity contribution < 1.29 is 4.74 Å². The maximum atomic E-state index is 12.9. The molecule has 7 heteroatoms. The number of nitrogens with zero attached hydrogens (tertiary/aromatic N) is 3. The van der Waals surface area contributed by atoms with E-state index in [4.69, 9.17) is 15.5 Å². The van der Waals surface area contributed by atoms with Crippen molar-refractivity contribution in [2.75, 3.05) is 24.6 Å². The van der Waals surface area contributed by atoms with Crippen molar-refractivity contribution in [1.82, 2.24) is 9.55 Å². The Balaban J connectivity index is 1.75. The maximum absolute atomic E-state index is 12.9. The molecule has 0 saturated carbocycles. The van der Waals surface area contributed by atoms with E-state index in [1.807, 2.05) is 16.0 Å². The zero-order chi connectivity index (χ0) is 15.8. The lowest BCUT2D eigenvalue weighted by atomic mass is 10.1. The van der Waals surface area contributed by atoms with Crippen molar-refractivity contribution in [3.05, 3.63) is 21.8 Å². The molecule has 2 aliphatic heterocycles. The Bertz CT molecular complexity index is 742. The summed E-state index contributed by atoms with van der Waals surface area (Å²) in [4.78, 5) is 19.9. The van der Waals surface area contributed by atoms with Crippen LogP contribution in [0.4, 0.5) is 5.95 Å². The summed E-state index contributed by atoms with van der Waals surface area (Å²) in [5.41, 5.74) is 6.88. The summed E-state index contributed by atoms with van der Waals surface area (Å²) < 4.78 is 8.30. The minimum atomic E-state index is 0.0605. The highest BCUT2D eigenvalue weighted by Gasteiger charge is 2.25. The average molecular weight is 334 g/mol. The smallest absolute Gasteiger partial charge is 0.272 e. The quantitative estimate of drug-likeness (QED) is 0.922. The summed E-state index contributed by atoms with van der Waals surface area (Å²) in [6.07, 6.45) is 4.09. The molecule has 2 saturated heterocycles. The molecule has 2 aromatic heterocycles. The second-order valence-electron chi connectivity index (χ2n) is 6.42. The highest BCUT2D eigenvalue weighted by atomic mass is 32.1. The molecule has 0 radical (unpaired) electrons. The molecular weight excluding hydrogens is 312 g/mol. The SMILES string of the molecule is NC1CCN(c2nc3ccsc3c(=O)n2CC2CCCO2)CC1. The third-order valence-electron chi connectivity index (χ3n) is 4.78. The monoisotopic (exact) mass is 334 g/mol. The first-order valence-electron chi connectivity index (χ1n) is 8.32. The van der Waals surface area contributed by atoms with Crippen LogP contribution in [0.5, 0.6) is 0 Å². The number of ether oxygens (including phenoxy) is 1. The van der Waals surface area contributed by atoms with Gasteiger partial charge in [-0.1, -0.05) is 0 Å². The van der Waals surface area contributed by atoms with Crippen LogP contribution in [0.3, 0.4) is 0 Å². The zero-order valence-electron chi connectivity index (χ0n) is 13.1. The molecule has 4 rings (SSSR count). The van der Waals surface area contributed by atoms with Gasteiger partial charge < -0.3 is 15.4 Å². The second-order valence-corrected chi connectivity index (χ2v) is 7.34. The number of nitrogens with two attached hydrogens (primary N) is 1. The first-order valence-corrected chi connectivity index (χ1v) is 9.20.